The SMILES string of the molecule is COc1ccc(N=CC=Cc2ccc(N(C)C)cc2)cc1. The van der Waals surface area contributed by atoms with E-state index in [1.807, 2.05) is 50.5 Å². The molecule has 108 valence electrons. The molecule has 0 saturated heterocycles. The minimum atomic E-state index is 0.838. The van der Waals surface area contributed by atoms with E-state index in [4.69, 9.17) is 4.74 Å². The van der Waals surface area contributed by atoms with Crippen molar-refractivity contribution in [1.29, 1.82) is 0 Å². The predicted molar refractivity (Wildman–Crippen MR) is 90.9 cm³/mol. The van der Waals surface area contributed by atoms with Crippen molar-refractivity contribution in [2.45, 2.75) is 0 Å². The van der Waals surface area contributed by atoms with Crippen molar-refractivity contribution in [1.82, 2.24) is 0 Å². The standard InChI is InChI=1S/C18H20N2O/c1-20(2)17-10-6-15(7-11-17)5-4-14-19-16-8-12-18(21-3)13-9-16/h4-14H,1-3H3. The lowest BCUT2D eigenvalue weighted by atomic mass is 10.2. The highest BCUT2D eigenvalue weighted by molar-refractivity contribution is 5.80. The first kappa shape index (κ1) is 14.9. The van der Waals surface area contributed by atoms with Crippen LogP contribution in [0, 0.1) is 0 Å². The highest BCUT2D eigenvalue weighted by atomic mass is 16.5. The van der Waals surface area contributed by atoms with Gasteiger partial charge in [0.05, 0.1) is 12.8 Å². The fraction of sp³-hybridized carbons (Fsp3) is 0.167. The van der Waals surface area contributed by atoms with E-state index < -0.39 is 0 Å². The molecule has 0 radical (unpaired) electrons. The van der Waals surface area contributed by atoms with Crippen LogP contribution in [0.4, 0.5) is 11.4 Å². The van der Waals surface area contributed by atoms with Gasteiger partial charge in [0.2, 0.25) is 0 Å². The highest BCUT2D eigenvalue weighted by Gasteiger charge is 1.93. The molecule has 0 N–H and O–H groups in total. The van der Waals surface area contributed by atoms with Crippen molar-refractivity contribution >= 4 is 23.7 Å². The molecule has 0 bridgehead atoms. The summed E-state index contributed by atoms with van der Waals surface area (Å²) in [5.74, 6) is 0.838. The number of anilines is 1. The summed E-state index contributed by atoms with van der Waals surface area (Å²) in [5.41, 5.74) is 3.25. The summed E-state index contributed by atoms with van der Waals surface area (Å²) >= 11 is 0. The zero-order valence-electron chi connectivity index (χ0n) is 12.7. The average Bonchev–Trinajstić information content (AvgIpc) is 2.52. The van der Waals surface area contributed by atoms with Crippen LogP contribution in [0.1, 0.15) is 5.56 Å². The number of ether oxygens (including phenoxy) is 1. The van der Waals surface area contributed by atoms with Crippen LogP contribution in [0.5, 0.6) is 5.75 Å². The van der Waals surface area contributed by atoms with Gasteiger partial charge >= 0.3 is 0 Å². The van der Waals surface area contributed by atoms with Crippen LogP contribution in [0.25, 0.3) is 6.08 Å². The Labute approximate surface area is 126 Å². The Morgan fingerprint density at radius 2 is 1.62 bits per heavy atom. The lowest BCUT2D eigenvalue weighted by Crippen LogP contribution is -2.07. The Balaban J connectivity index is 1.96. The van der Waals surface area contributed by atoms with E-state index in [-0.39, 0.29) is 0 Å². The molecular formula is C18H20N2O. The number of aliphatic imine (C=N–C) groups is 1. The van der Waals surface area contributed by atoms with E-state index >= 15 is 0 Å². The molecule has 0 aliphatic rings. The molecular weight excluding hydrogens is 260 g/mol. The fourth-order valence-electron chi connectivity index (χ4n) is 1.84. The summed E-state index contributed by atoms with van der Waals surface area (Å²) in [7, 11) is 5.72. The number of hydrogen-bond donors (Lipinski definition) is 0. The van der Waals surface area contributed by atoms with Gasteiger partial charge in [0.15, 0.2) is 0 Å². The summed E-state index contributed by atoms with van der Waals surface area (Å²) in [5, 5.41) is 0. The Bertz CT molecular complexity index is 611. The summed E-state index contributed by atoms with van der Waals surface area (Å²) in [4.78, 5) is 6.45. The van der Waals surface area contributed by atoms with Gasteiger partial charge in [-0.2, -0.15) is 0 Å². The van der Waals surface area contributed by atoms with Gasteiger partial charge < -0.3 is 9.64 Å². The smallest absolute Gasteiger partial charge is 0.119 e. The Kier molecular flexibility index (Phi) is 5.16. The minimum absolute atomic E-state index is 0.838. The summed E-state index contributed by atoms with van der Waals surface area (Å²) in [6.45, 7) is 0. The van der Waals surface area contributed by atoms with Crippen molar-refractivity contribution in [3.05, 3.63) is 60.2 Å². The van der Waals surface area contributed by atoms with Crippen LogP contribution >= 0.6 is 0 Å². The summed E-state index contributed by atoms with van der Waals surface area (Å²) < 4.78 is 5.11. The Morgan fingerprint density at radius 3 is 2.19 bits per heavy atom. The third kappa shape index (κ3) is 4.49. The van der Waals surface area contributed by atoms with Crippen molar-refractivity contribution in [2.24, 2.45) is 4.99 Å². The number of benzene rings is 2. The molecule has 0 spiro atoms. The lowest BCUT2D eigenvalue weighted by molar-refractivity contribution is 0.415. The van der Waals surface area contributed by atoms with Gasteiger partial charge in [-0.3, -0.25) is 4.99 Å². The first-order valence-electron chi connectivity index (χ1n) is 6.81. The molecule has 0 aliphatic carbocycles. The van der Waals surface area contributed by atoms with E-state index in [9.17, 15) is 0 Å². The molecule has 0 fully saturated rings. The molecule has 0 aromatic heterocycles. The number of methoxy groups -OCH3 is 1. The van der Waals surface area contributed by atoms with E-state index in [2.05, 4.69) is 34.2 Å². The first-order valence-corrected chi connectivity index (χ1v) is 6.81. The van der Waals surface area contributed by atoms with E-state index in [1.54, 1.807) is 13.3 Å². The van der Waals surface area contributed by atoms with Gasteiger partial charge in [-0.25, -0.2) is 0 Å². The zero-order chi connectivity index (χ0) is 15.1. The fourth-order valence-corrected chi connectivity index (χ4v) is 1.84. The normalized spacial score (nSPS) is 11.2. The Hall–Kier alpha value is -2.55. The molecule has 3 heteroatoms. The maximum Gasteiger partial charge on any atom is 0.119 e. The number of rotatable bonds is 5. The Morgan fingerprint density at radius 1 is 0.952 bits per heavy atom. The van der Waals surface area contributed by atoms with Crippen LogP contribution < -0.4 is 9.64 Å². The van der Waals surface area contributed by atoms with Crippen LogP contribution in [0.3, 0.4) is 0 Å². The molecule has 0 aliphatic heterocycles. The van der Waals surface area contributed by atoms with Gasteiger partial charge in [0.25, 0.3) is 0 Å². The predicted octanol–water partition coefficient (Wildman–Crippen LogP) is 4.18. The molecule has 0 saturated carbocycles. The highest BCUT2D eigenvalue weighted by Crippen LogP contribution is 2.17. The van der Waals surface area contributed by atoms with Gasteiger partial charge in [-0.1, -0.05) is 18.2 Å². The van der Waals surface area contributed by atoms with E-state index in [0.29, 0.717) is 0 Å². The topological polar surface area (TPSA) is 24.8 Å². The maximum atomic E-state index is 5.11. The van der Waals surface area contributed by atoms with Gasteiger partial charge in [0.1, 0.15) is 5.75 Å². The molecule has 0 amide bonds. The molecule has 0 unspecified atom stereocenters. The second-order valence-electron chi connectivity index (χ2n) is 4.82. The quantitative estimate of drug-likeness (QED) is 0.768. The third-order valence-electron chi connectivity index (χ3n) is 3.08. The second-order valence-corrected chi connectivity index (χ2v) is 4.82. The van der Waals surface area contributed by atoms with Crippen LogP contribution in [-0.2, 0) is 0 Å². The summed E-state index contributed by atoms with van der Waals surface area (Å²) in [6.07, 6.45) is 5.77. The van der Waals surface area contributed by atoms with Crippen molar-refractivity contribution in [3.63, 3.8) is 0 Å². The molecule has 0 atom stereocenters. The average molecular weight is 280 g/mol. The van der Waals surface area contributed by atoms with Gasteiger partial charge in [0, 0.05) is 26.0 Å². The summed E-state index contributed by atoms with van der Waals surface area (Å²) in [6, 6.07) is 16.0. The van der Waals surface area contributed by atoms with Crippen molar-refractivity contribution in [2.75, 3.05) is 26.1 Å². The number of allylic oxidation sites excluding steroid dienone is 1. The molecule has 2 aromatic carbocycles. The van der Waals surface area contributed by atoms with Crippen LogP contribution in [0.2, 0.25) is 0 Å². The monoisotopic (exact) mass is 280 g/mol. The van der Waals surface area contributed by atoms with E-state index in [1.165, 1.54) is 5.69 Å². The largest absolute Gasteiger partial charge is 0.497 e. The van der Waals surface area contributed by atoms with Gasteiger partial charge in [-0.15, -0.1) is 0 Å². The lowest BCUT2D eigenvalue weighted by Gasteiger charge is -2.11. The molecule has 0 heterocycles. The molecule has 2 aromatic rings. The number of hydrogen-bond acceptors (Lipinski definition) is 3. The molecule has 2 rings (SSSR count). The molecule has 21 heavy (non-hydrogen) atoms. The number of nitrogens with zero attached hydrogens (tertiary/aromatic N) is 2. The third-order valence-corrected chi connectivity index (χ3v) is 3.08. The van der Waals surface area contributed by atoms with Crippen LogP contribution in [-0.4, -0.2) is 27.4 Å². The molecule has 3 nitrogen and oxygen atoms in total. The van der Waals surface area contributed by atoms with E-state index in [0.717, 1.165) is 17.0 Å². The second kappa shape index (κ2) is 7.29. The first-order chi connectivity index (χ1) is 10.2. The minimum Gasteiger partial charge on any atom is -0.497 e. The van der Waals surface area contributed by atoms with Crippen molar-refractivity contribution < 1.29 is 4.74 Å². The van der Waals surface area contributed by atoms with Crippen LogP contribution in [0.15, 0.2) is 59.6 Å². The van der Waals surface area contributed by atoms with Crippen molar-refractivity contribution in [3.8, 4) is 5.75 Å². The zero-order valence-corrected chi connectivity index (χ0v) is 12.7. The maximum absolute atomic E-state index is 5.11. The van der Waals surface area contributed by atoms with Gasteiger partial charge in [-0.05, 0) is 48.0 Å².